The summed E-state index contributed by atoms with van der Waals surface area (Å²) < 4.78 is 0. The van der Waals surface area contributed by atoms with E-state index in [0.29, 0.717) is 0 Å². The van der Waals surface area contributed by atoms with Crippen molar-refractivity contribution < 1.29 is 0 Å². The topological polar surface area (TPSA) is 24.1 Å². The Bertz CT molecular complexity index is 576. The summed E-state index contributed by atoms with van der Waals surface area (Å²) in [6, 6.07) is 20.5. The fourth-order valence-electron chi connectivity index (χ4n) is 3.66. The van der Waals surface area contributed by atoms with Crippen LogP contribution in [0, 0.1) is 11.8 Å². The first-order valence-corrected chi connectivity index (χ1v) is 10.4. The first-order chi connectivity index (χ1) is 12.7. The predicted octanol–water partition coefficient (Wildman–Crippen LogP) is 6.69. The standard InChI is InChI=1S/C22H28Cl2N2.2ClH/c23-21(19-7-3-1-4-8-19)25-15-17-11-13-18(14-12-17)16-26-22(24)20-9-5-2-6-10-20;;/h1-10,17-18,21-22,25-26H,11-16H2;2*1H. The molecule has 0 bridgehead atoms. The van der Waals surface area contributed by atoms with Crippen molar-refractivity contribution in [1.29, 1.82) is 0 Å². The Morgan fingerprint density at radius 2 is 0.964 bits per heavy atom. The van der Waals surface area contributed by atoms with E-state index >= 15 is 0 Å². The Labute approximate surface area is 191 Å². The van der Waals surface area contributed by atoms with Crippen molar-refractivity contribution in [2.75, 3.05) is 13.1 Å². The van der Waals surface area contributed by atoms with Gasteiger partial charge in [0.1, 0.15) is 11.0 Å². The molecule has 0 radical (unpaired) electrons. The molecule has 0 aromatic heterocycles. The number of nitrogens with one attached hydrogen (secondary N) is 2. The SMILES string of the molecule is Cl.Cl.ClC(NCC1CCC(CNC(Cl)c2ccccc2)CC1)c1ccccc1. The highest BCUT2D eigenvalue weighted by molar-refractivity contribution is 6.20. The Hall–Kier alpha value is -0.480. The van der Waals surface area contributed by atoms with Crippen LogP contribution in [0.15, 0.2) is 60.7 Å². The van der Waals surface area contributed by atoms with Crippen molar-refractivity contribution >= 4 is 48.0 Å². The zero-order valence-electron chi connectivity index (χ0n) is 15.9. The van der Waals surface area contributed by atoms with Gasteiger partial charge in [0.25, 0.3) is 0 Å². The smallest absolute Gasteiger partial charge is 0.108 e. The summed E-state index contributed by atoms with van der Waals surface area (Å²) in [5.74, 6) is 1.44. The second-order valence-electron chi connectivity index (χ2n) is 7.25. The first-order valence-electron chi connectivity index (χ1n) is 9.57. The highest BCUT2D eigenvalue weighted by atomic mass is 35.5. The van der Waals surface area contributed by atoms with E-state index < -0.39 is 0 Å². The van der Waals surface area contributed by atoms with Crippen LogP contribution in [0.5, 0.6) is 0 Å². The Balaban J connectivity index is 0.00000196. The predicted molar refractivity (Wildman–Crippen MR) is 126 cm³/mol. The van der Waals surface area contributed by atoms with Gasteiger partial charge in [0.15, 0.2) is 0 Å². The Morgan fingerprint density at radius 1 is 0.643 bits per heavy atom. The van der Waals surface area contributed by atoms with E-state index in [2.05, 4.69) is 34.9 Å². The first kappa shape index (κ1) is 25.6. The number of halogens is 4. The van der Waals surface area contributed by atoms with E-state index in [1.165, 1.54) is 25.7 Å². The van der Waals surface area contributed by atoms with Crippen LogP contribution in [0.4, 0.5) is 0 Å². The maximum absolute atomic E-state index is 6.46. The monoisotopic (exact) mass is 462 g/mol. The minimum atomic E-state index is -0.0986. The second-order valence-corrected chi connectivity index (χ2v) is 8.12. The summed E-state index contributed by atoms with van der Waals surface area (Å²) in [5, 5.41) is 6.97. The van der Waals surface area contributed by atoms with Crippen LogP contribution in [0.25, 0.3) is 0 Å². The van der Waals surface area contributed by atoms with Gasteiger partial charge in [-0.05, 0) is 61.7 Å². The summed E-state index contributed by atoms with van der Waals surface area (Å²) in [7, 11) is 0. The zero-order valence-corrected chi connectivity index (χ0v) is 19.0. The molecule has 0 aliphatic heterocycles. The van der Waals surface area contributed by atoms with Crippen molar-refractivity contribution in [1.82, 2.24) is 10.6 Å². The molecule has 0 amide bonds. The van der Waals surface area contributed by atoms with Crippen LogP contribution in [-0.4, -0.2) is 13.1 Å². The summed E-state index contributed by atoms with van der Waals surface area (Å²) in [4.78, 5) is 0. The van der Waals surface area contributed by atoms with Crippen LogP contribution < -0.4 is 10.6 Å². The molecule has 2 unspecified atom stereocenters. The zero-order chi connectivity index (χ0) is 18.2. The third-order valence-electron chi connectivity index (χ3n) is 5.32. The highest BCUT2D eigenvalue weighted by Crippen LogP contribution is 2.29. The summed E-state index contributed by atoms with van der Waals surface area (Å²) >= 11 is 12.9. The Morgan fingerprint density at radius 3 is 1.29 bits per heavy atom. The van der Waals surface area contributed by atoms with Gasteiger partial charge in [0.2, 0.25) is 0 Å². The largest absolute Gasteiger partial charge is 0.297 e. The number of hydrogen-bond acceptors (Lipinski definition) is 2. The van der Waals surface area contributed by atoms with Crippen LogP contribution in [0.2, 0.25) is 0 Å². The molecule has 2 N–H and O–H groups in total. The molecule has 6 heteroatoms. The molecule has 2 nitrogen and oxygen atoms in total. The third kappa shape index (κ3) is 8.10. The molecule has 2 aromatic rings. The molecule has 2 atom stereocenters. The molecule has 156 valence electrons. The fourth-order valence-corrected chi connectivity index (χ4v) is 4.13. The lowest BCUT2D eigenvalue weighted by Crippen LogP contribution is -2.31. The van der Waals surface area contributed by atoms with Gasteiger partial charge in [-0.25, -0.2) is 0 Å². The van der Waals surface area contributed by atoms with Gasteiger partial charge < -0.3 is 0 Å². The van der Waals surface area contributed by atoms with E-state index in [0.717, 1.165) is 36.1 Å². The van der Waals surface area contributed by atoms with Gasteiger partial charge in [0.05, 0.1) is 0 Å². The van der Waals surface area contributed by atoms with Crippen LogP contribution >= 0.6 is 48.0 Å². The highest BCUT2D eigenvalue weighted by Gasteiger charge is 2.22. The molecular weight excluding hydrogens is 434 g/mol. The number of rotatable bonds is 8. The van der Waals surface area contributed by atoms with Crippen molar-refractivity contribution in [2.45, 2.75) is 36.7 Å². The van der Waals surface area contributed by atoms with Gasteiger partial charge in [-0.15, -0.1) is 48.0 Å². The van der Waals surface area contributed by atoms with Gasteiger partial charge in [-0.3, -0.25) is 10.6 Å². The van der Waals surface area contributed by atoms with E-state index in [-0.39, 0.29) is 35.8 Å². The lowest BCUT2D eigenvalue weighted by atomic mass is 9.82. The minimum Gasteiger partial charge on any atom is -0.297 e. The normalized spacial score (nSPS) is 21.1. The van der Waals surface area contributed by atoms with Crippen molar-refractivity contribution in [3.05, 3.63) is 71.8 Å². The minimum absolute atomic E-state index is 0. The fraction of sp³-hybridized carbons (Fsp3) is 0.455. The number of benzene rings is 2. The number of hydrogen-bond donors (Lipinski definition) is 2. The Kier molecular flexibility index (Phi) is 12.5. The molecule has 1 fully saturated rings. The summed E-state index contributed by atoms with van der Waals surface area (Å²) in [6.07, 6.45) is 5.04. The van der Waals surface area contributed by atoms with Crippen molar-refractivity contribution in [3.63, 3.8) is 0 Å². The summed E-state index contributed by atoms with van der Waals surface area (Å²) in [6.45, 7) is 1.98. The van der Waals surface area contributed by atoms with Crippen molar-refractivity contribution in [3.8, 4) is 0 Å². The molecule has 1 saturated carbocycles. The van der Waals surface area contributed by atoms with Gasteiger partial charge in [0, 0.05) is 0 Å². The third-order valence-corrected chi connectivity index (χ3v) is 6.13. The van der Waals surface area contributed by atoms with Crippen LogP contribution in [0.3, 0.4) is 0 Å². The van der Waals surface area contributed by atoms with Crippen LogP contribution in [0.1, 0.15) is 47.8 Å². The summed E-state index contributed by atoms with van der Waals surface area (Å²) in [5.41, 5.74) is 2.08. The number of alkyl halides is 2. The average Bonchev–Trinajstić information content (AvgIpc) is 2.72. The van der Waals surface area contributed by atoms with Gasteiger partial charge in [-0.1, -0.05) is 60.7 Å². The van der Waals surface area contributed by atoms with E-state index in [9.17, 15) is 0 Å². The molecule has 0 heterocycles. The van der Waals surface area contributed by atoms with E-state index in [4.69, 9.17) is 23.2 Å². The maximum atomic E-state index is 6.46. The lowest BCUT2D eigenvalue weighted by Gasteiger charge is -2.30. The van der Waals surface area contributed by atoms with Crippen LogP contribution in [-0.2, 0) is 0 Å². The van der Waals surface area contributed by atoms with E-state index in [1.54, 1.807) is 0 Å². The van der Waals surface area contributed by atoms with Crippen molar-refractivity contribution in [2.24, 2.45) is 11.8 Å². The van der Waals surface area contributed by atoms with E-state index in [1.807, 2.05) is 36.4 Å². The quantitative estimate of drug-likeness (QED) is 0.336. The molecule has 1 aliphatic carbocycles. The molecule has 1 aliphatic rings. The van der Waals surface area contributed by atoms with Gasteiger partial charge in [-0.2, -0.15) is 0 Å². The molecule has 28 heavy (non-hydrogen) atoms. The average molecular weight is 464 g/mol. The second kappa shape index (κ2) is 13.7. The molecule has 2 aromatic carbocycles. The molecule has 3 rings (SSSR count). The molecule has 0 saturated heterocycles. The lowest BCUT2D eigenvalue weighted by molar-refractivity contribution is 0.259. The maximum Gasteiger partial charge on any atom is 0.108 e. The molecular formula is C22H30Cl4N2. The molecule has 0 spiro atoms. The van der Waals surface area contributed by atoms with Gasteiger partial charge >= 0.3 is 0 Å².